The first kappa shape index (κ1) is 22.7. The van der Waals surface area contributed by atoms with Crippen LogP contribution in [0.1, 0.15) is 17.3 Å². The summed E-state index contributed by atoms with van der Waals surface area (Å²) in [6, 6.07) is 19.2. The number of ketones is 1. The first-order valence-corrected chi connectivity index (χ1v) is 12.0. The molecule has 0 atom stereocenters. The molecule has 35 heavy (non-hydrogen) atoms. The molecule has 0 radical (unpaired) electrons. The molecular weight excluding hydrogens is 466 g/mol. The number of anilines is 1. The summed E-state index contributed by atoms with van der Waals surface area (Å²) < 4.78 is 12.4. The van der Waals surface area contributed by atoms with Crippen LogP contribution in [0.5, 0.6) is 11.5 Å². The largest absolute Gasteiger partial charge is 0.494 e. The number of Topliss-reactive ketones (excluding diaryl/α,β-unsaturated/α-hetero) is 1. The maximum absolute atomic E-state index is 13.4. The normalized spacial score (nSPS) is 12.5. The van der Waals surface area contributed by atoms with Gasteiger partial charge in [0.15, 0.2) is 17.5 Å². The van der Waals surface area contributed by atoms with Crippen LogP contribution in [0.2, 0.25) is 0 Å². The Kier molecular flexibility index (Phi) is 6.24. The van der Waals surface area contributed by atoms with E-state index in [2.05, 4.69) is 10.3 Å². The number of rotatable bonds is 7. The van der Waals surface area contributed by atoms with Crippen molar-refractivity contribution in [2.45, 2.75) is 12.1 Å². The van der Waals surface area contributed by atoms with E-state index < -0.39 is 0 Å². The topological polar surface area (TPSA) is 99.5 Å². The number of carbonyl (C=O) groups is 2. The fraction of sp³-hybridized carbons (Fsp3) is 0.154. The zero-order valence-electron chi connectivity index (χ0n) is 18.8. The number of hydrogen-bond acceptors (Lipinski definition) is 7. The molecule has 3 aromatic carbocycles. The lowest BCUT2D eigenvalue weighted by Gasteiger charge is -2.18. The van der Waals surface area contributed by atoms with Gasteiger partial charge in [-0.3, -0.25) is 19.0 Å². The molecule has 2 heterocycles. The number of aromatic nitrogens is 2. The van der Waals surface area contributed by atoms with Crippen LogP contribution in [0.15, 0.2) is 76.7 Å². The van der Waals surface area contributed by atoms with Crippen molar-refractivity contribution in [3.63, 3.8) is 0 Å². The Morgan fingerprint density at radius 3 is 2.71 bits per heavy atom. The van der Waals surface area contributed by atoms with E-state index in [1.807, 2.05) is 13.0 Å². The summed E-state index contributed by atoms with van der Waals surface area (Å²) >= 11 is 1.18. The van der Waals surface area contributed by atoms with Crippen molar-refractivity contribution in [2.75, 3.05) is 24.3 Å². The summed E-state index contributed by atoms with van der Waals surface area (Å²) in [5.74, 6) is 0.838. The molecule has 9 heteroatoms. The molecule has 0 aliphatic carbocycles. The molecular formula is C26H21N3O5S. The van der Waals surface area contributed by atoms with Gasteiger partial charge in [-0.2, -0.15) is 0 Å². The fourth-order valence-electron chi connectivity index (χ4n) is 3.76. The summed E-state index contributed by atoms with van der Waals surface area (Å²) in [5, 5.41) is 3.60. The fourth-order valence-corrected chi connectivity index (χ4v) is 4.67. The van der Waals surface area contributed by atoms with E-state index in [1.165, 1.54) is 16.3 Å². The molecule has 8 nitrogen and oxygen atoms in total. The lowest BCUT2D eigenvalue weighted by Crippen LogP contribution is -2.25. The van der Waals surface area contributed by atoms with Gasteiger partial charge in [0, 0.05) is 5.56 Å². The molecule has 0 saturated heterocycles. The van der Waals surface area contributed by atoms with Gasteiger partial charge in [-0.25, -0.2) is 4.98 Å². The quantitative estimate of drug-likeness (QED) is 0.238. The molecule has 4 aromatic rings. The molecule has 0 fully saturated rings. The lowest BCUT2D eigenvalue weighted by atomic mass is 10.1. The van der Waals surface area contributed by atoms with Gasteiger partial charge in [0.05, 0.1) is 34.6 Å². The number of hydrogen-bond donors (Lipinski definition) is 1. The number of carbonyl (C=O) groups excluding carboxylic acids is 2. The van der Waals surface area contributed by atoms with Gasteiger partial charge in [-0.1, -0.05) is 23.9 Å². The van der Waals surface area contributed by atoms with Crippen LogP contribution in [0.25, 0.3) is 16.6 Å². The number of ether oxygens (including phenoxy) is 2. The molecule has 1 aliphatic rings. The number of para-hydroxylation sites is 1. The molecule has 0 spiro atoms. The molecule has 1 amide bonds. The first-order valence-electron chi connectivity index (χ1n) is 11.0. The first-order chi connectivity index (χ1) is 17.0. The Labute approximate surface area is 204 Å². The van der Waals surface area contributed by atoms with Gasteiger partial charge in [-0.05, 0) is 61.5 Å². The third kappa shape index (κ3) is 4.63. The minimum atomic E-state index is -0.267. The van der Waals surface area contributed by atoms with Crippen LogP contribution in [-0.2, 0) is 4.79 Å². The number of thioether (sulfide) groups is 1. The van der Waals surface area contributed by atoms with Crippen LogP contribution >= 0.6 is 11.8 Å². The number of amides is 1. The summed E-state index contributed by atoms with van der Waals surface area (Å²) in [4.78, 5) is 42.7. The van der Waals surface area contributed by atoms with Gasteiger partial charge in [0.1, 0.15) is 11.5 Å². The summed E-state index contributed by atoms with van der Waals surface area (Å²) in [5.41, 5.74) is 1.86. The number of benzene rings is 3. The second kappa shape index (κ2) is 9.63. The predicted molar refractivity (Wildman–Crippen MR) is 134 cm³/mol. The van der Waals surface area contributed by atoms with Crippen molar-refractivity contribution < 1.29 is 19.1 Å². The SMILES string of the molecule is CCOc1ccc(-n2c(SCC(=O)c3ccc4c(c3)NC(=O)CO4)nc3ccccc3c2=O)cc1. The van der Waals surface area contributed by atoms with Crippen LogP contribution < -0.4 is 20.3 Å². The van der Waals surface area contributed by atoms with Crippen molar-refractivity contribution >= 4 is 40.0 Å². The number of nitrogens with one attached hydrogen (secondary N) is 1. The zero-order valence-corrected chi connectivity index (χ0v) is 19.6. The van der Waals surface area contributed by atoms with Crippen LogP contribution in [0, 0.1) is 0 Å². The average molecular weight is 488 g/mol. The van der Waals surface area contributed by atoms with E-state index in [0.717, 1.165) is 0 Å². The van der Waals surface area contributed by atoms with E-state index >= 15 is 0 Å². The summed E-state index contributed by atoms with van der Waals surface area (Å²) in [7, 11) is 0. The minimum Gasteiger partial charge on any atom is -0.494 e. The zero-order chi connectivity index (χ0) is 24.4. The standard InChI is InChI=1S/C26H21N3O5S/c1-2-33-18-10-8-17(9-11-18)29-25(32)19-5-3-4-6-20(19)28-26(29)35-15-22(30)16-7-12-23-21(13-16)27-24(31)14-34-23/h3-13H,2,14-15H2,1H3,(H,27,31). The Morgan fingerprint density at radius 1 is 1.11 bits per heavy atom. The maximum atomic E-state index is 13.4. The van der Waals surface area contributed by atoms with Crippen molar-refractivity contribution in [1.82, 2.24) is 9.55 Å². The highest BCUT2D eigenvalue weighted by Gasteiger charge is 2.19. The highest BCUT2D eigenvalue weighted by atomic mass is 32.2. The lowest BCUT2D eigenvalue weighted by molar-refractivity contribution is -0.118. The maximum Gasteiger partial charge on any atom is 0.266 e. The van der Waals surface area contributed by atoms with E-state index in [-0.39, 0.29) is 29.6 Å². The molecule has 1 aliphatic heterocycles. The Hall–Kier alpha value is -4.11. The number of fused-ring (bicyclic) bond motifs is 2. The Balaban J connectivity index is 1.47. The van der Waals surface area contributed by atoms with Gasteiger partial charge in [-0.15, -0.1) is 0 Å². The molecule has 1 aromatic heterocycles. The summed E-state index contributed by atoms with van der Waals surface area (Å²) in [6.45, 7) is 2.40. The third-order valence-corrected chi connectivity index (χ3v) is 6.36. The second-order valence-electron chi connectivity index (χ2n) is 7.74. The highest BCUT2D eigenvalue weighted by Crippen LogP contribution is 2.30. The minimum absolute atomic E-state index is 0.0488. The molecule has 0 saturated carbocycles. The molecule has 0 unspecified atom stereocenters. The third-order valence-electron chi connectivity index (χ3n) is 5.42. The monoisotopic (exact) mass is 487 g/mol. The van der Waals surface area contributed by atoms with Crippen LogP contribution in [-0.4, -0.2) is 40.2 Å². The van der Waals surface area contributed by atoms with Crippen molar-refractivity contribution in [3.05, 3.63) is 82.6 Å². The molecule has 176 valence electrons. The van der Waals surface area contributed by atoms with Gasteiger partial charge < -0.3 is 14.8 Å². The Bertz CT molecular complexity index is 1500. The molecule has 1 N–H and O–H groups in total. The average Bonchev–Trinajstić information content (AvgIpc) is 2.88. The van der Waals surface area contributed by atoms with Crippen LogP contribution in [0.3, 0.4) is 0 Å². The van der Waals surface area contributed by atoms with Gasteiger partial charge in [0.2, 0.25) is 0 Å². The van der Waals surface area contributed by atoms with Gasteiger partial charge in [0.25, 0.3) is 11.5 Å². The van der Waals surface area contributed by atoms with Crippen molar-refractivity contribution in [3.8, 4) is 17.2 Å². The van der Waals surface area contributed by atoms with E-state index in [0.29, 0.717) is 51.1 Å². The number of nitrogens with zero attached hydrogens (tertiary/aromatic N) is 2. The molecule has 5 rings (SSSR count). The van der Waals surface area contributed by atoms with E-state index in [4.69, 9.17) is 9.47 Å². The molecule has 0 bridgehead atoms. The van der Waals surface area contributed by atoms with Gasteiger partial charge >= 0.3 is 0 Å². The predicted octanol–water partition coefficient (Wildman–Crippen LogP) is 4.09. The van der Waals surface area contributed by atoms with Crippen molar-refractivity contribution in [1.29, 1.82) is 0 Å². The van der Waals surface area contributed by atoms with E-state index in [1.54, 1.807) is 60.7 Å². The van der Waals surface area contributed by atoms with E-state index in [9.17, 15) is 14.4 Å². The highest BCUT2D eigenvalue weighted by molar-refractivity contribution is 7.99. The van der Waals surface area contributed by atoms with Crippen molar-refractivity contribution in [2.24, 2.45) is 0 Å². The second-order valence-corrected chi connectivity index (χ2v) is 8.68. The summed E-state index contributed by atoms with van der Waals surface area (Å²) in [6.07, 6.45) is 0. The van der Waals surface area contributed by atoms with Crippen LogP contribution in [0.4, 0.5) is 5.69 Å². The Morgan fingerprint density at radius 2 is 1.91 bits per heavy atom. The smallest absolute Gasteiger partial charge is 0.266 e.